The largest absolute Gasteiger partial charge is 0.319 e. The van der Waals surface area contributed by atoms with Gasteiger partial charge in [0, 0.05) is 0 Å². The molecule has 0 aromatic heterocycles. The Kier molecular flexibility index (Phi) is 4.30. The van der Waals surface area contributed by atoms with E-state index in [-0.39, 0.29) is 0 Å². The second-order valence-corrected chi connectivity index (χ2v) is 7.14. The first-order valence-corrected chi connectivity index (χ1v) is 6.34. The maximum atomic E-state index is 11.5. The molecule has 0 spiro atoms. The highest BCUT2D eigenvalue weighted by Gasteiger charge is 2.30. The van der Waals surface area contributed by atoms with Crippen LogP contribution in [0.2, 0.25) is 0 Å². The van der Waals surface area contributed by atoms with E-state index >= 15 is 0 Å². The van der Waals surface area contributed by atoms with Gasteiger partial charge in [0.15, 0.2) is 0 Å². The van der Waals surface area contributed by atoms with Crippen molar-refractivity contribution in [2.24, 2.45) is 11.1 Å². The topological polar surface area (TPSA) is 89.3 Å². The number of sulfonamides is 1. The van der Waals surface area contributed by atoms with Crippen LogP contribution < -0.4 is 10.5 Å². The molecule has 0 radical (unpaired) electrons. The summed E-state index contributed by atoms with van der Waals surface area (Å²) >= 11 is 0. The Hall–Kier alpha value is -0.620. The third-order valence-electron chi connectivity index (χ3n) is 2.08. The van der Waals surface area contributed by atoms with Crippen LogP contribution in [0.15, 0.2) is 0 Å². The summed E-state index contributed by atoms with van der Waals surface area (Å²) in [5, 5.41) is -0.645. The normalized spacial score (nSPS) is 15.1. The molecule has 0 saturated carbocycles. The van der Waals surface area contributed by atoms with Gasteiger partial charge in [-0.25, -0.2) is 8.42 Å². The first-order chi connectivity index (χ1) is 6.48. The minimum absolute atomic E-state index is 0.462. The fraction of sp³-hybridized carbons (Fsp3) is 0.889. The molecule has 6 heteroatoms. The van der Waals surface area contributed by atoms with Gasteiger partial charge in [0.1, 0.15) is 0 Å². The zero-order valence-corrected chi connectivity index (χ0v) is 10.7. The molecule has 1 amide bonds. The van der Waals surface area contributed by atoms with Crippen molar-refractivity contribution in [1.82, 2.24) is 4.72 Å². The molecule has 0 heterocycles. The Labute approximate surface area is 91.5 Å². The highest BCUT2D eigenvalue weighted by atomic mass is 32.2. The summed E-state index contributed by atoms with van der Waals surface area (Å²) in [7, 11) is -3.58. The second kappa shape index (κ2) is 4.49. The smallest absolute Gasteiger partial charge is 0.250 e. The van der Waals surface area contributed by atoms with E-state index in [2.05, 4.69) is 0 Å². The molecular weight excluding hydrogens is 216 g/mol. The van der Waals surface area contributed by atoms with E-state index in [0.717, 1.165) is 0 Å². The predicted octanol–water partition coefficient (Wildman–Crippen LogP) is 0.214. The van der Waals surface area contributed by atoms with Crippen molar-refractivity contribution in [3.05, 3.63) is 0 Å². The molecule has 0 rings (SSSR count). The number of amides is 1. The van der Waals surface area contributed by atoms with Crippen molar-refractivity contribution in [2.45, 2.75) is 45.9 Å². The Morgan fingerprint density at radius 2 is 1.67 bits per heavy atom. The van der Waals surface area contributed by atoms with Gasteiger partial charge in [-0.2, -0.15) is 0 Å². The standard InChI is InChI=1S/C9H20N2O3S/c1-6(2)15(13,14)11-8(12)7(10)9(3,4)5/h6-7H,10H2,1-5H3,(H,11,12)/t7-/m1/s1. The minimum Gasteiger partial charge on any atom is -0.319 e. The number of rotatable bonds is 3. The molecule has 0 aromatic rings. The van der Waals surface area contributed by atoms with E-state index < -0.39 is 32.6 Å². The van der Waals surface area contributed by atoms with Gasteiger partial charge in [-0.1, -0.05) is 20.8 Å². The van der Waals surface area contributed by atoms with Gasteiger partial charge in [0.2, 0.25) is 10.0 Å². The van der Waals surface area contributed by atoms with Crippen molar-refractivity contribution in [2.75, 3.05) is 0 Å². The van der Waals surface area contributed by atoms with E-state index in [1.165, 1.54) is 13.8 Å². The maximum absolute atomic E-state index is 11.5. The summed E-state index contributed by atoms with van der Waals surface area (Å²) in [6.07, 6.45) is 0. The zero-order chi connectivity index (χ0) is 12.4. The fourth-order valence-electron chi connectivity index (χ4n) is 0.715. The molecule has 0 bridgehead atoms. The molecule has 0 aliphatic carbocycles. The molecule has 15 heavy (non-hydrogen) atoms. The average molecular weight is 236 g/mol. The lowest BCUT2D eigenvalue weighted by molar-refractivity contribution is -0.122. The third-order valence-corrected chi connectivity index (χ3v) is 3.81. The third kappa shape index (κ3) is 4.17. The number of carbonyl (C=O) groups excluding carboxylic acids is 1. The van der Waals surface area contributed by atoms with Crippen LogP contribution in [0, 0.1) is 5.41 Å². The summed E-state index contributed by atoms with van der Waals surface area (Å²) < 4.78 is 24.7. The average Bonchev–Trinajstić information content (AvgIpc) is 2.00. The minimum atomic E-state index is -3.58. The van der Waals surface area contributed by atoms with Gasteiger partial charge in [-0.15, -0.1) is 0 Å². The van der Waals surface area contributed by atoms with Crippen LogP contribution >= 0.6 is 0 Å². The van der Waals surface area contributed by atoms with Gasteiger partial charge in [-0.05, 0) is 19.3 Å². The Bertz CT molecular complexity index is 328. The van der Waals surface area contributed by atoms with Crippen molar-refractivity contribution < 1.29 is 13.2 Å². The second-order valence-electron chi connectivity index (χ2n) is 4.90. The van der Waals surface area contributed by atoms with Crippen LogP contribution in [-0.4, -0.2) is 25.6 Å². The summed E-state index contributed by atoms with van der Waals surface area (Å²) in [4.78, 5) is 11.5. The summed E-state index contributed by atoms with van der Waals surface area (Å²) in [5.74, 6) is -0.656. The van der Waals surface area contributed by atoms with Crippen LogP contribution in [0.1, 0.15) is 34.6 Å². The van der Waals surface area contributed by atoms with Gasteiger partial charge >= 0.3 is 0 Å². The van der Waals surface area contributed by atoms with Gasteiger partial charge in [-0.3, -0.25) is 9.52 Å². The van der Waals surface area contributed by atoms with Gasteiger partial charge in [0.05, 0.1) is 11.3 Å². The Morgan fingerprint density at radius 1 is 1.27 bits per heavy atom. The van der Waals surface area contributed by atoms with E-state index in [4.69, 9.17) is 5.73 Å². The number of hydrogen-bond donors (Lipinski definition) is 2. The molecule has 0 saturated heterocycles. The highest BCUT2D eigenvalue weighted by Crippen LogP contribution is 2.17. The summed E-state index contributed by atoms with van der Waals surface area (Å²) in [6.45, 7) is 8.33. The van der Waals surface area contributed by atoms with Crippen LogP contribution in [0.3, 0.4) is 0 Å². The molecular formula is C9H20N2O3S. The molecule has 0 aliphatic rings. The quantitative estimate of drug-likeness (QED) is 0.733. The van der Waals surface area contributed by atoms with E-state index in [9.17, 15) is 13.2 Å². The fourth-order valence-corrected chi connectivity index (χ4v) is 1.36. The zero-order valence-electron chi connectivity index (χ0n) is 9.87. The lowest BCUT2D eigenvalue weighted by Gasteiger charge is -2.25. The van der Waals surface area contributed by atoms with Crippen LogP contribution in [0.25, 0.3) is 0 Å². The van der Waals surface area contributed by atoms with Crippen molar-refractivity contribution >= 4 is 15.9 Å². The molecule has 0 aromatic carbocycles. The summed E-state index contributed by atoms with van der Waals surface area (Å²) in [5.41, 5.74) is 5.16. The Morgan fingerprint density at radius 3 is 1.93 bits per heavy atom. The van der Waals surface area contributed by atoms with Crippen LogP contribution in [0.5, 0.6) is 0 Å². The highest BCUT2D eigenvalue weighted by molar-refractivity contribution is 7.90. The molecule has 90 valence electrons. The van der Waals surface area contributed by atoms with Crippen LogP contribution in [0.4, 0.5) is 0 Å². The molecule has 0 aliphatic heterocycles. The molecule has 0 unspecified atom stereocenters. The number of carbonyl (C=O) groups is 1. The molecule has 3 N–H and O–H groups in total. The van der Waals surface area contributed by atoms with Crippen molar-refractivity contribution in [3.8, 4) is 0 Å². The maximum Gasteiger partial charge on any atom is 0.250 e. The predicted molar refractivity (Wildman–Crippen MR) is 59.6 cm³/mol. The lowest BCUT2D eigenvalue weighted by atomic mass is 9.87. The SMILES string of the molecule is CC(C)S(=O)(=O)NC(=O)[C@@H](N)C(C)(C)C. The number of nitrogens with two attached hydrogens (primary N) is 1. The first-order valence-electron chi connectivity index (χ1n) is 4.79. The van der Waals surface area contributed by atoms with E-state index in [0.29, 0.717) is 0 Å². The van der Waals surface area contributed by atoms with Crippen molar-refractivity contribution in [1.29, 1.82) is 0 Å². The number of nitrogens with one attached hydrogen (secondary N) is 1. The molecule has 1 atom stereocenters. The Balaban J connectivity index is 4.67. The van der Waals surface area contributed by atoms with Crippen molar-refractivity contribution in [3.63, 3.8) is 0 Å². The molecule has 0 fully saturated rings. The van der Waals surface area contributed by atoms with Crippen LogP contribution in [-0.2, 0) is 14.8 Å². The van der Waals surface area contributed by atoms with E-state index in [1.54, 1.807) is 20.8 Å². The number of hydrogen-bond acceptors (Lipinski definition) is 4. The van der Waals surface area contributed by atoms with Gasteiger partial charge in [0.25, 0.3) is 5.91 Å². The summed E-state index contributed by atoms with van der Waals surface area (Å²) in [6, 6.07) is -0.842. The monoisotopic (exact) mass is 236 g/mol. The lowest BCUT2D eigenvalue weighted by Crippen LogP contribution is -2.51. The first kappa shape index (κ1) is 14.4. The van der Waals surface area contributed by atoms with Gasteiger partial charge < -0.3 is 5.73 Å². The molecule has 5 nitrogen and oxygen atoms in total. The van der Waals surface area contributed by atoms with E-state index in [1.807, 2.05) is 4.72 Å².